The van der Waals surface area contributed by atoms with Gasteiger partial charge in [-0.25, -0.2) is 13.2 Å². The lowest BCUT2D eigenvalue weighted by molar-refractivity contribution is -0.0316. The minimum Gasteiger partial charge on any atom is -0.384 e. The maximum absolute atomic E-state index is 12.2. The van der Waals surface area contributed by atoms with E-state index in [1.807, 2.05) is 0 Å². The van der Waals surface area contributed by atoms with Gasteiger partial charge in [0.2, 0.25) is 10.0 Å². The summed E-state index contributed by atoms with van der Waals surface area (Å²) in [7, 11) is -7.30. The van der Waals surface area contributed by atoms with Crippen molar-refractivity contribution in [3.8, 4) is 0 Å². The van der Waals surface area contributed by atoms with Gasteiger partial charge >= 0.3 is 16.4 Å². The van der Waals surface area contributed by atoms with Gasteiger partial charge < -0.3 is 9.64 Å². The molecule has 0 aromatic rings. The fourth-order valence-electron chi connectivity index (χ4n) is 2.61. The molecule has 0 radical (unpaired) electrons. The molecule has 12 nitrogen and oxygen atoms in total. The Labute approximate surface area is 139 Å². The number of hydroxylamine groups is 2. The molecule has 2 fully saturated rings. The summed E-state index contributed by atoms with van der Waals surface area (Å²) in [6, 6.07) is -2.32. The molecule has 2 atom stereocenters. The maximum atomic E-state index is 12.2. The van der Waals surface area contributed by atoms with Crippen LogP contribution < -0.4 is 4.72 Å². The first-order valence-corrected chi connectivity index (χ1v) is 9.90. The number of nitrogens with zero attached hydrogens (tertiary/aromatic N) is 2. The molecule has 0 aromatic heterocycles. The first kappa shape index (κ1) is 18.9. The second-order valence-electron chi connectivity index (χ2n) is 5.34. The van der Waals surface area contributed by atoms with Crippen LogP contribution in [-0.2, 0) is 29.4 Å². The highest BCUT2D eigenvalue weighted by Gasteiger charge is 2.48. The fraction of sp³-hybridized carbons (Fsp3) is 0.800. The van der Waals surface area contributed by atoms with Gasteiger partial charge in [-0.3, -0.25) is 14.7 Å². The summed E-state index contributed by atoms with van der Waals surface area (Å²) in [4.78, 5) is 13.3. The molecule has 0 unspecified atom stereocenters. The third kappa shape index (κ3) is 4.32. The van der Waals surface area contributed by atoms with Crippen LogP contribution in [0, 0.1) is 5.41 Å². The summed E-state index contributed by atoms with van der Waals surface area (Å²) in [5, 5.41) is 8.44. The molecule has 2 aliphatic heterocycles. The van der Waals surface area contributed by atoms with Gasteiger partial charge in [0.1, 0.15) is 5.84 Å². The van der Waals surface area contributed by atoms with Crippen molar-refractivity contribution in [2.24, 2.45) is 0 Å². The Bertz CT molecular complexity index is 721. The van der Waals surface area contributed by atoms with Crippen LogP contribution in [-0.4, -0.2) is 81.3 Å². The summed E-state index contributed by atoms with van der Waals surface area (Å²) < 4.78 is 64.9. The fourth-order valence-corrected chi connectivity index (χ4v) is 3.96. The summed E-state index contributed by atoms with van der Waals surface area (Å²) in [6.07, 6.45) is 0.526. The van der Waals surface area contributed by atoms with Crippen molar-refractivity contribution < 1.29 is 35.2 Å². The number of amides is 2. The van der Waals surface area contributed by atoms with E-state index < -0.39 is 44.4 Å². The first-order chi connectivity index (χ1) is 11.0. The maximum Gasteiger partial charge on any atom is 0.418 e. The molecule has 138 valence electrons. The number of amidine groups is 1. The molecule has 2 aliphatic rings. The first-order valence-electron chi connectivity index (χ1n) is 6.89. The predicted octanol–water partition coefficient (Wildman–Crippen LogP) is -1.47. The van der Waals surface area contributed by atoms with Gasteiger partial charge in [0.05, 0.1) is 24.4 Å². The Balaban J connectivity index is 2.07. The van der Waals surface area contributed by atoms with Crippen LogP contribution in [0.1, 0.15) is 12.8 Å². The highest BCUT2D eigenvalue weighted by molar-refractivity contribution is 7.90. The number of hydrogen-bond acceptors (Lipinski definition) is 8. The second kappa shape index (κ2) is 6.79. The minimum absolute atomic E-state index is 0.0476. The molecular weight excluding hydrogens is 368 g/mol. The van der Waals surface area contributed by atoms with Crippen molar-refractivity contribution >= 4 is 32.3 Å². The van der Waals surface area contributed by atoms with E-state index in [-0.39, 0.29) is 31.7 Å². The highest BCUT2D eigenvalue weighted by Crippen LogP contribution is 2.30. The number of fused-ring (bicyclic) bond motifs is 2. The topological polar surface area (TPSA) is 166 Å². The SMILES string of the molecule is COCCS(=O)(=O)NC(=N)[C@@H]1CC[C@@H]2CN1C(=O)N2OS(=O)(=O)O. The van der Waals surface area contributed by atoms with Gasteiger partial charge in [0, 0.05) is 13.7 Å². The third-order valence-corrected chi connectivity index (χ3v) is 5.24. The molecule has 0 saturated carbocycles. The number of carbonyl (C=O) groups is 1. The summed E-state index contributed by atoms with van der Waals surface area (Å²) in [5.74, 6) is -0.737. The molecule has 24 heavy (non-hydrogen) atoms. The number of nitrogens with one attached hydrogen (secondary N) is 2. The van der Waals surface area contributed by atoms with Crippen molar-refractivity contribution in [2.45, 2.75) is 24.9 Å². The van der Waals surface area contributed by atoms with E-state index >= 15 is 0 Å². The Morgan fingerprint density at radius 1 is 1.38 bits per heavy atom. The molecule has 2 bridgehead atoms. The van der Waals surface area contributed by atoms with Crippen molar-refractivity contribution in [3.05, 3.63) is 0 Å². The lowest BCUT2D eigenvalue weighted by Crippen LogP contribution is -2.51. The zero-order valence-corrected chi connectivity index (χ0v) is 14.3. The standard InChI is InChI=1S/C10H18N4O8S2/c1-21-4-5-23(16,17)12-9(11)8-3-2-7-6-13(8)10(15)14(7)22-24(18,19)20/h7-8H,2-6H2,1H3,(H2,11,12)(H,18,19,20)/t7-,8+/m1/s1. The van der Waals surface area contributed by atoms with Crippen LogP contribution in [0.5, 0.6) is 0 Å². The Morgan fingerprint density at radius 3 is 2.62 bits per heavy atom. The molecular formula is C10H18N4O8S2. The van der Waals surface area contributed by atoms with Crippen molar-refractivity contribution in [1.29, 1.82) is 5.41 Å². The largest absolute Gasteiger partial charge is 0.418 e. The van der Waals surface area contributed by atoms with Crippen LogP contribution in [0.25, 0.3) is 0 Å². The number of carbonyl (C=O) groups excluding carboxylic acids is 1. The average molecular weight is 386 g/mol. The van der Waals surface area contributed by atoms with E-state index in [4.69, 9.17) is 9.96 Å². The van der Waals surface area contributed by atoms with E-state index in [9.17, 15) is 21.6 Å². The summed E-state index contributed by atoms with van der Waals surface area (Å²) in [6.45, 7) is 0.00910. The van der Waals surface area contributed by atoms with E-state index in [0.717, 1.165) is 4.90 Å². The van der Waals surface area contributed by atoms with Crippen LogP contribution in [0.15, 0.2) is 0 Å². The van der Waals surface area contributed by atoms with Gasteiger partial charge in [-0.15, -0.1) is 4.28 Å². The zero-order chi connectivity index (χ0) is 18.1. The van der Waals surface area contributed by atoms with Crippen molar-refractivity contribution in [2.75, 3.05) is 26.0 Å². The van der Waals surface area contributed by atoms with E-state index in [1.165, 1.54) is 7.11 Å². The Morgan fingerprint density at radius 2 is 2.04 bits per heavy atom. The molecule has 3 N–H and O–H groups in total. The van der Waals surface area contributed by atoms with Crippen LogP contribution in [0.4, 0.5) is 4.79 Å². The van der Waals surface area contributed by atoms with Gasteiger partial charge in [0.15, 0.2) is 0 Å². The van der Waals surface area contributed by atoms with E-state index in [2.05, 4.69) is 13.7 Å². The Kier molecular flexibility index (Phi) is 5.34. The molecule has 0 aromatic carbocycles. The number of rotatable bonds is 7. The third-order valence-electron chi connectivity index (χ3n) is 3.65. The molecule has 2 amide bonds. The number of piperidine rings is 1. The van der Waals surface area contributed by atoms with Gasteiger partial charge in [-0.1, -0.05) is 0 Å². The van der Waals surface area contributed by atoms with Gasteiger partial charge in [0.25, 0.3) is 0 Å². The van der Waals surface area contributed by atoms with Crippen molar-refractivity contribution in [3.63, 3.8) is 0 Å². The number of hydrogen-bond donors (Lipinski definition) is 3. The highest BCUT2D eigenvalue weighted by atomic mass is 32.3. The minimum atomic E-state index is -4.86. The van der Waals surface area contributed by atoms with Crippen LogP contribution >= 0.6 is 0 Å². The normalized spacial score (nSPS) is 24.3. The number of methoxy groups -OCH3 is 1. The molecule has 0 aliphatic carbocycles. The van der Waals surface area contributed by atoms with Crippen LogP contribution in [0.3, 0.4) is 0 Å². The number of urea groups is 1. The van der Waals surface area contributed by atoms with E-state index in [0.29, 0.717) is 5.06 Å². The predicted molar refractivity (Wildman–Crippen MR) is 79.9 cm³/mol. The van der Waals surface area contributed by atoms with Crippen molar-refractivity contribution in [1.82, 2.24) is 14.7 Å². The summed E-state index contributed by atoms with van der Waals surface area (Å²) in [5.41, 5.74) is 0. The lowest BCUT2D eigenvalue weighted by Gasteiger charge is -2.30. The lowest BCUT2D eigenvalue weighted by atomic mass is 10.0. The molecule has 2 rings (SSSR count). The average Bonchev–Trinajstić information content (AvgIpc) is 2.68. The van der Waals surface area contributed by atoms with Gasteiger partial charge in [-0.2, -0.15) is 13.5 Å². The number of ether oxygens (including phenoxy) is 1. The Hall–Kier alpha value is -1.48. The molecule has 2 heterocycles. The van der Waals surface area contributed by atoms with Gasteiger partial charge in [-0.05, 0) is 12.8 Å². The van der Waals surface area contributed by atoms with Crippen LogP contribution in [0.2, 0.25) is 0 Å². The molecule has 2 saturated heterocycles. The monoisotopic (exact) mass is 386 g/mol. The zero-order valence-electron chi connectivity index (χ0n) is 12.7. The summed E-state index contributed by atoms with van der Waals surface area (Å²) >= 11 is 0. The quantitative estimate of drug-likeness (QED) is 0.271. The molecule has 0 spiro atoms. The number of sulfonamides is 1. The smallest absolute Gasteiger partial charge is 0.384 e. The molecule has 14 heteroatoms. The van der Waals surface area contributed by atoms with E-state index in [1.54, 1.807) is 0 Å². The second-order valence-corrected chi connectivity index (χ2v) is 8.18.